The lowest BCUT2D eigenvalue weighted by molar-refractivity contribution is 0.473. The summed E-state index contributed by atoms with van der Waals surface area (Å²) >= 11 is 6.86. The molecule has 4 nitrogen and oxygen atoms in total. The number of thiophene rings is 1. The van der Waals surface area contributed by atoms with Gasteiger partial charge in [0.2, 0.25) is 0 Å². The van der Waals surface area contributed by atoms with E-state index in [1.165, 1.54) is 12.1 Å². The predicted octanol–water partition coefficient (Wildman–Crippen LogP) is 3.52. The van der Waals surface area contributed by atoms with Crippen LogP contribution >= 0.6 is 22.9 Å². The number of para-hydroxylation sites is 1. The molecule has 19 heavy (non-hydrogen) atoms. The zero-order valence-electron chi connectivity index (χ0n) is 10.3. The summed E-state index contributed by atoms with van der Waals surface area (Å²) in [5.41, 5.74) is 1.46. The standard InChI is InChI=1S/C12H12ClNO3S2/c1-7-4-3-5-9(11(7)15)14-19(16,17)10-6-8(2)12(13)18-10/h3-6,14-15H,1-2H3. The van der Waals surface area contributed by atoms with Crippen LogP contribution < -0.4 is 4.72 Å². The van der Waals surface area contributed by atoms with Crippen molar-refractivity contribution in [3.05, 3.63) is 39.7 Å². The van der Waals surface area contributed by atoms with Gasteiger partial charge in [0.15, 0.2) is 0 Å². The molecule has 0 amide bonds. The van der Waals surface area contributed by atoms with Gasteiger partial charge in [-0.3, -0.25) is 4.72 Å². The first kappa shape index (κ1) is 14.2. The molecule has 0 unspecified atom stereocenters. The number of halogens is 1. The summed E-state index contributed by atoms with van der Waals surface area (Å²) in [6.45, 7) is 3.43. The minimum atomic E-state index is -3.73. The predicted molar refractivity (Wildman–Crippen MR) is 77.7 cm³/mol. The highest BCUT2D eigenvalue weighted by Gasteiger charge is 2.20. The summed E-state index contributed by atoms with van der Waals surface area (Å²) in [5.74, 6) is -0.0783. The zero-order valence-corrected chi connectivity index (χ0v) is 12.7. The fraction of sp³-hybridized carbons (Fsp3) is 0.167. The van der Waals surface area contributed by atoms with E-state index in [0.29, 0.717) is 15.5 Å². The van der Waals surface area contributed by atoms with Crippen molar-refractivity contribution in [2.75, 3.05) is 4.72 Å². The van der Waals surface area contributed by atoms with Crippen LogP contribution in [0.15, 0.2) is 28.5 Å². The molecule has 1 aromatic carbocycles. The minimum Gasteiger partial charge on any atom is -0.505 e. The molecular formula is C12H12ClNO3S2. The van der Waals surface area contributed by atoms with Gasteiger partial charge >= 0.3 is 0 Å². The molecule has 2 N–H and O–H groups in total. The molecule has 0 bridgehead atoms. The number of hydrogen-bond acceptors (Lipinski definition) is 4. The van der Waals surface area contributed by atoms with Gasteiger partial charge in [-0.2, -0.15) is 0 Å². The van der Waals surface area contributed by atoms with E-state index in [1.807, 2.05) is 0 Å². The number of hydrogen-bond donors (Lipinski definition) is 2. The topological polar surface area (TPSA) is 66.4 Å². The molecule has 0 aliphatic rings. The lowest BCUT2D eigenvalue weighted by atomic mass is 10.2. The molecule has 0 radical (unpaired) electrons. The van der Waals surface area contributed by atoms with Crippen LogP contribution in [0, 0.1) is 13.8 Å². The van der Waals surface area contributed by atoms with Crippen molar-refractivity contribution in [3.8, 4) is 5.75 Å². The molecule has 0 saturated carbocycles. The van der Waals surface area contributed by atoms with Crippen molar-refractivity contribution >= 4 is 38.6 Å². The van der Waals surface area contributed by atoms with E-state index in [2.05, 4.69) is 4.72 Å². The summed E-state index contributed by atoms with van der Waals surface area (Å²) < 4.78 is 27.2. The van der Waals surface area contributed by atoms with Gasteiger partial charge in [-0.05, 0) is 37.1 Å². The maximum absolute atomic E-state index is 12.2. The molecule has 1 aromatic heterocycles. The van der Waals surface area contributed by atoms with Crippen LogP contribution in [0.5, 0.6) is 5.75 Å². The molecule has 2 aromatic rings. The fourth-order valence-corrected chi connectivity index (χ4v) is 4.27. The van der Waals surface area contributed by atoms with E-state index in [0.717, 1.165) is 11.3 Å². The van der Waals surface area contributed by atoms with Crippen molar-refractivity contribution < 1.29 is 13.5 Å². The number of benzene rings is 1. The van der Waals surface area contributed by atoms with Crippen LogP contribution in [0.3, 0.4) is 0 Å². The van der Waals surface area contributed by atoms with Gasteiger partial charge in [0.25, 0.3) is 10.0 Å². The lowest BCUT2D eigenvalue weighted by Gasteiger charge is -2.09. The van der Waals surface area contributed by atoms with Crippen LogP contribution in [0.2, 0.25) is 4.34 Å². The normalized spacial score (nSPS) is 11.5. The number of nitrogens with one attached hydrogen (secondary N) is 1. The Bertz CT molecular complexity index is 703. The third kappa shape index (κ3) is 2.86. The number of sulfonamides is 1. The van der Waals surface area contributed by atoms with E-state index in [-0.39, 0.29) is 15.6 Å². The second kappa shape index (κ2) is 5.03. The monoisotopic (exact) mass is 317 g/mol. The third-order valence-electron chi connectivity index (χ3n) is 2.58. The molecule has 0 spiro atoms. The SMILES string of the molecule is Cc1cc(S(=O)(=O)Nc2cccc(C)c2O)sc1Cl. The highest BCUT2D eigenvalue weighted by atomic mass is 35.5. The summed E-state index contributed by atoms with van der Waals surface area (Å²) in [6, 6.07) is 6.36. The van der Waals surface area contributed by atoms with E-state index in [1.54, 1.807) is 26.0 Å². The number of anilines is 1. The summed E-state index contributed by atoms with van der Waals surface area (Å²) in [6.07, 6.45) is 0. The Morgan fingerprint density at radius 2 is 1.95 bits per heavy atom. The molecule has 2 rings (SSSR count). The largest absolute Gasteiger partial charge is 0.505 e. The molecular weight excluding hydrogens is 306 g/mol. The molecule has 7 heteroatoms. The van der Waals surface area contributed by atoms with Crippen LogP contribution in [0.1, 0.15) is 11.1 Å². The summed E-state index contributed by atoms with van der Waals surface area (Å²) in [7, 11) is -3.73. The van der Waals surface area contributed by atoms with Crippen molar-refractivity contribution in [1.29, 1.82) is 0 Å². The van der Waals surface area contributed by atoms with Gasteiger partial charge in [-0.25, -0.2) is 8.42 Å². The van der Waals surface area contributed by atoms with Gasteiger partial charge < -0.3 is 5.11 Å². The van der Waals surface area contributed by atoms with Gasteiger partial charge in [0, 0.05) is 0 Å². The molecule has 0 saturated heterocycles. The third-order valence-corrected chi connectivity index (χ3v) is 5.98. The van der Waals surface area contributed by atoms with Crippen molar-refractivity contribution in [3.63, 3.8) is 0 Å². The van der Waals surface area contributed by atoms with E-state index in [4.69, 9.17) is 11.6 Å². The minimum absolute atomic E-state index is 0.0783. The average Bonchev–Trinajstić information content (AvgIpc) is 2.66. The number of phenols is 1. The first-order chi connectivity index (χ1) is 8.81. The number of phenolic OH excluding ortho intramolecular Hbond substituents is 1. The highest BCUT2D eigenvalue weighted by Crippen LogP contribution is 2.33. The van der Waals surface area contributed by atoms with Crippen molar-refractivity contribution in [2.24, 2.45) is 0 Å². The average molecular weight is 318 g/mol. The van der Waals surface area contributed by atoms with Gasteiger partial charge in [0.05, 0.1) is 10.0 Å². The second-order valence-electron chi connectivity index (χ2n) is 4.10. The van der Waals surface area contributed by atoms with Gasteiger partial charge in [-0.15, -0.1) is 11.3 Å². The Hall–Kier alpha value is -1.24. The first-order valence-electron chi connectivity index (χ1n) is 5.38. The summed E-state index contributed by atoms with van der Waals surface area (Å²) in [4.78, 5) is 0. The quantitative estimate of drug-likeness (QED) is 0.851. The highest BCUT2D eigenvalue weighted by molar-refractivity contribution is 7.94. The first-order valence-corrected chi connectivity index (χ1v) is 8.06. The smallest absolute Gasteiger partial charge is 0.271 e. The molecule has 1 heterocycles. The van der Waals surface area contributed by atoms with Crippen LogP contribution in [-0.2, 0) is 10.0 Å². The van der Waals surface area contributed by atoms with Crippen molar-refractivity contribution in [1.82, 2.24) is 0 Å². The number of aryl methyl sites for hydroxylation is 2. The molecule has 0 atom stereocenters. The Morgan fingerprint density at radius 1 is 1.26 bits per heavy atom. The van der Waals surface area contributed by atoms with E-state index >= 15 is 0 Å². The maximum atomic E-state index is 12.2. The van der Waals surface area contributed by atoms with Crippen LogP contribution in [0.25, 0.3) is 0 Å². The Balaban J connectivity index is 2.39. The molecule has 102 valence electrons. The van der Waals surface area contributed by atoms with E-state index in [9.17, 15) is 13.5 Å². The van der Waals surface area contributed by atoms with Crippen LogP contribution in [-0.4, -0.2) is 13.5 Å². The Morgan fingerprint density at radius 3 is 2.53 bits per heavy atom. The van der Waals surface area contributed by atoms with E-state index < -0.39 is 10.0 Å². The maximum Gasteiger partial charge on any atom is 0.271 e. The zero-order chi connectivity index (χ0) is 14.2. The van der Waals surface area contributed by atoms with Crippen LogP contribution in [0.4, 0.5) is 5.69 Å². The summed E-state index contributed by atoms with van der Waals surface area (Å²) in [5, 5.41) is 9.82. The van der Waals surface area contributed by atoms with Gasteiger partial charge in [-0.1, -0.05) is 23.7 Å². The fourth-order valence-electron chi connectivity index (χ4n) is 1.50. The lowest BCUT2D eigenvalue weighted by Crippen LogP contribution is -2.11. The molecule has 0 aliphatic carbocycles. The Labute approximate surface area is 120 Å². The number of aromatic hydroxyl groups is 1. The second-order valence-corrected chi connectivity index (χ2v) is 7.66. The molecule has 0 aliphatic heterocycles. The number of rotatable bonds is 3. The molecule has 0 fully saturated rings. The van der Waals surface area contributed by atoms with Crippen molar-refractivity contribution in [2.45, 2.75) is 18.1 Å². The van der Waals surface area contributed by atoms with Gasteiger partial charge in [0.1, 0.15) is 9.96 Å². The Kier molecular flexibility index (Phi) is 3.75.